The topological polar surface area (TPSA) is 41.1 Å². The van der Waals surface area contributed by atoms with E-state index in [-0.39, 0.29) is 12.4 Å². The van der Waals surface area contributed by atoms with Gasteiger partial charge in [-0.25, -0.2) is 0 Å². The molecule has 0 radical (unpaired) electrons. The van der Waals surface area contributed by atoms with E-state index in [1.165, 1.54) is 11.1 Å². The van der Waals surface area contributed by atoms with Crippen molar-refractivity contribution in [3.63, 3.8) is 0 Å². The zero-order valence-electron chi connectivity index (χ0n) is 11.6. The van der Waals surface area contributed by atoms with Gasteiger partial charge in [0.1, 0.15) is 0 Å². The molecule has 1 fully saturated rings. The van der Waals surface area contributed by atoms with E-state index < -0.39 is 0 Å². The molecule has 0 amide bonds. The van der Waals surface area contributed by atoms with Crippen LogP contribution in [0.15, 0.2) is 47.5 Å². The summed E-state index contributed by atoms with van der Waals surface area (Å²) in [6.07, 6.45) is 7.54. The molecule has 3 heterocycles. The standard InChI is InChI=1S/C15H17BrN4.ClH/c16-14-6-12(7-19-9-14)11-20-5-4-18-10-15(20)13-2-1-3-17-8-13;/h1-3,6-9,15,18H,4-5,10-11H2;1H. The smallest absolute Gasteiger partial charge is 0.0492 e. The van der Waals surface area contributed by atoms with E-state index in [9.17, 15) is 0 Å². The van der Waals surface area contributed by atoms with Crippen molar-refractivity contribution >= 4 is 28.3 Å². The maximum atomic E-state index is 4.25. The molecule has 2 aromatic rings. The van der Waals surface area contributed by atoms with Crippen LogP contribution in [0.25, 0.3) is 0 Å². The second-order valence-electron chi connectivity index (χ2n) is 4.99. The van der Waals surface area contributed by atoms with Crippen LogP contribution in [0.3, 0.4) is 0 Å². The van der Waals surface area contributed by atoms with Gasteiger partial charge in [0.25, 0.3) is 0 Å². The minimum Gasteiger partial charge on any atom is -0.314 e. The van der Waals surface area contributed by atoms with E-state index in [0.29, 0.717) is 6.04 Å². The fourth-order valence-corrected chi connectivity index (χ4v) is 3.03. The summed E-state index contributed by atoms with van der Waals surface area (Å²) < 4.78 is 1.03. The predicted molar refractivity (Wildman–Crippen MR) is 89.4 cm³/mol. The quantitative estimate of drug-likeness (QED) is 0.903. The van der Waals surface area contributed by atoms with Crippen LogP contribution in [-0.2, 0) is 6.54 Å². The van der Waals surface area contributed by atoms with Crippen molar-refractivity contribution in [1.29, 1.82) is 0 Å². The Morgan fingerprint density at radius 3 is 2.95 bits per heavy atom. The fraction of sp³-hybridized carbons (Fsp3) is 0.333. The molecule has 112 valence electrons. The molecular weight excluding hydrogens is 352 g/mol. The first-order chi connectivity index (χ1) is 9.83. The van der Waals surface area contributed by atoms with Gasteiger partial charge in [-0.05, 0) is 39.2 Å². The van der Waals surface area contributed by atoms with Crippen LogP contribution in [-0.4, -0.2) is 34.5 Å². The number of rotatable bonds is 3. The molecule has 6 heteroatoms. The van der Waals surface area contributed by atoms with E-state index in [0.717, 1.165) is 30.7 Å². The van der Waals surface area contributed by atoms with Crippen LogP contribution in [0, 0.1) is 0 Å². The van der Waals surface area contributed by atoms with Crippen molar-refractivity contribution in [2.75, 3.05) is 19.6 Å². The number of pyridine rings is 2. The zero-order valence-corrected chi connectivity index (χ0v) is 14.0. The summed E-state index contributed by atoms with van der Waals surface area (Å²) in [6.45, 7) is 3.94. The Balaban J connectivity index is 0.00000161. The van der Waals surface area contributed by atoms with E-state index in [4.69, 9.17) is 0 Å². The summed E-state index contributed by atoms with van der Waals surface area (Å²) in [5.74, 6) is 0. The maximum Gasteiger partial charge on any atom is 0.0492 e. The number of nitrogens with zero attached hydrogens (tertiary/aromatic N) is 3. The molecule has 3 rings (SSSR count). The first kappa shape index (κ1) is 16.4. The second kappa shape index (κ2) is 7.84. The molecule has 0 bridgehead atoms. The second-order valence-corrected chi connectivity index (χ2v) is 5.90. The number of hydrogen-bond acceptors (Lipinski definition) is 4. The molecule has 0 aromatic carbocycles. The van der Waals surface area contributed by atoms with Crippen molar-refractivity contribution in [2.45, 2.75) is 12.6 Å². The predicted octanol–water partition coefficient (Wildman–Crippen LogP) is 2.81. The summed E-state index contributed by atoms with van der Waals surface area (Å²) in [7, 11) is 0. The SMILES string of the molecule is Brc1cncc(CN2CCNCC2c2cccnc2)c1.Cl. The Labute approximate surface area is 139 Å². The van der Waals surface area contributed by atoms with Gasteiger partial charge in [0.2, 0.25) is 0 Å². The van der Waals surface area contributed by atoms with Gasteiger partial charge in [-0.2, -0.15) is 0 Å². The molecule has 2 aromatic heterocycles. The Morgan fingerprint density at radius 1 is 1.29 bits per heavy atom. The van der Waals surface area contributed by atoms with Crippen LogP contribution in [0.5, 0.6) is 0 Å². The third-order valence-corrected chi connectivity index (χ3v) is 4.00. The first-order valence-corrected chi connectivity index (χ1v) is 7.56. The molecule has 1 aliphatic rings. The van der Waals surface area contributed by atoms with E-state index in [1.54, 1.807) is 0 Å². The molecule has 1 saturated heterocycles. The van der Waals surface area contributed by atoms with Crippen LogP contribution in [0.4, 0.5) is 0 Å². The van der Waals surface area contributed by atoms with Gasteiger partial charge in [0.15, 0.2) is 0 Å². The van der Waals surface area contributed by atoms with Gasteiger partial charge in [0.05, 0.1) is 0 Å². The molecule has 0 spiro atoms. The van der Waals surface area contributed by atoms with Gasteiger partial charge in [-0.1, -0.05) is 6.07 Å². The van der Waals surface area contributed by atoms with Gasteiger partial charge < -0.3 is 5.32 Å². The molecule has 1 N–H and O–H groups in total. The third-order valence-electron chi connectivity index (χ3n) is 3.57. The Hall–Kier alpha value is -1.01. The summed E-state index contributed by atoms with van der Waals surface area (Å²) in [6, 6.07) is 6.66. The van der Waals surface area contributed by atoms with E-state index in [2.05, 4.69) is 48.2 Å². The minimum atomic E-state index is 0. The Morgan fingerprint density at radius 2 is 2.19 bits per heavy atom. The molecule has 0 saturated carbocycles. The number of piperazine rings is 1. The normalized spacial score (nSPS) is 19.0. The Bertz CT molecular complexity index is 567. The van der Waals surface area contributed by atoms with Gasteiger partial charge in [-0.3, -0.25) is 14.9 Å². The maximum absolute atomic E-state index is 4.25. The summed E-state index contributed by atoms with van der Waals surface area (Å²) >= 11 is 3.48. The van der Waals surface area contributed by atoms with Gasteiger partial charge >= 0.3 is 0 Å². The van der Waals surface area contributed by atoms with E-state index in [1.807, 2.05) is 30.9 Å². The monoisotopic (exact) mass is 368 g/mol. The minimum absolute atomic E-state index is 0. The van der Waals surface area contributed by atoms with Crippen molar-refractivity contribution in [1.82, 2.24) is 20.2 Å². The summed E-state index contributed by atoms with van der Waals surface area (Å²) in [4.78, 5) is 11.0. The molecule has 4 nitrogen and oxygen atoms in total. The summed E-state index contributed by atoms with van der Waals surface area (Å²) in [5, 5.41) is 3.47. The average molecular weight is 370 g/mol. The van der Waals surface area contributed by atoms with Gasteiger partial charge in [0, 0.05) is 61.5 Å². The lowest BCUT2D eigenvalue weighted by Gasteiger charge is -2.36. The van der Waals surface area contributed by atoms with Crippen molar-refractivity contribution in [3.05, 3.63) is 58.6 Å². The molecule has 21 heavy (non-hydrogen) atoms. The highest BCUT2D eigenvalue weighted by molar-refractivity contribution is 9.10. The van der Waals surface area contributed by atoms with Crippen LogP contribution < -0.4 is 5.32 Å². The van der Waals surface area contributed by atoms with Gasteiger partial charge in [-0.15, -0.1) is 12.4 Å². The van der Waals surface area contributed by atoms with Crippen molar-refractivity contribution in [2.24, 2.45) is 0 Å². The highest BCUT2D eigenvalue weighted by atomic mass is 79.9. The first-order valence-electron chi connectivity index (χ1n) is 6.77. The largest absolute Gasteiger partial charge is 0.314 e. The lowest BCUT2D eigenvalue weighted by Crippen LogP contribution is -2.45. The molecule has 1 atom stereocenters. The third kappa shape index (κ3) is 4.23. The van der Waals surface area contributed by atoms with Crippen LogP contribution >= 0.6 is 28.3 Å². The van der Waals surface area contributed by atoms with Crippen LogP contribution in [0.1, 0.15) is 17.2 Å². The number of nitrogens with one attached hydrogen (secondary N) is 1. The Kier molecular flexibility index (Phi) is 6.11. The molecule has 1 unspecified atom stereocenters. The lowest BCUT2D eigenvalue weighted by molar-refractivity contribution is 0.153. The van der Waals surface area contributed by atoms with E-state index >= 15 is 0 Å². The highest BCUT2D eigenvalue weighted by Crippen LogP contribution is 2.23. The highest BCUT2D eigenvalue weighted by Gasteiger charge is 2.23. The molecule has 0 aliphatic carbocycles. The number of hydrogen-bond donors (Lipinski definition) is 1. The lowest BCUT2D eigenvalue weighted by atomic mass is 10.0. The average Bonchev–Trinajstić information content (AvgIpc) is 2.49. The van der Waals surface area contributed by atoms with Crippen LogP contribution in [0.2, 0.25) is 0 Å². The molecule has 1 aliphatic heterocycles. The molecular formula is C15H18BrClN4. The number of aromatic nitrogens is 2. The fourth-order valence-electron chi connectivity index (χ4n) is 2.61. The zero-order chi connectivity index (χ0) is 13.8. The van der Waals surface area contributed by atoms with Crippen molar-refractivity contribution < 1.29 is 0 Å². The summed E-state index contributed by atoms with van der Waals surface area (Å²) in [5.41, 5.74) is 2.50. The van der Waals surface area contributed by atoms with Crippen molar-refractivity contribution in [3.8, 4) is 0 Å². The number of halogens is 2.